The van der Waals surface area contributed by atoms with Gasteiger partial charge in [-0.2, -0.15) is 5.10 Å². The van der Waals surface area contributed by atoms with Crippen LogP contribution in [0.25, 0.3) is 0 Å². The van der Waals surface area contributed by atoms with Gasteiger partial charge in [0.1, 0.15) is 5.76 Å². The third-order valence-corrected chi connectivity index (χ3v) is 3.37. The Labute approximate surface area is 107 Å². The lowest BCUT2D eigenvalue weighted by molar-refractivity contribution is 0.222. The molecule has 0 aliphatic heterocycles. The van der Waals surface area contributed by atoms with E-state index in [1.807, 2.05) is 37.1 Å². The van der Waals surface area contributed by atoms with Gasteiger partial charge in [-0.3, -0.25) is 9.58 Å². The van der Waals surface area contributed by atoms with Gasteiger partial charge in [-0.25, -0.2) is 0 Å². The van der Waals surface area contributed by atoms with Crippen molar-refractivity contribution in [3.63, 3.8) is 0 Å². The molecule has 0 saturated heterocycles. The van der Waals surface area contributed by atoms with Crippen LogP contribution < -0.4 is 5.73 Å². The van der Waals surface area contributed by atoms with E-state index in [9.17, 15) is 0 Å². The largest absolute Gasteiger partial charge is 0.468 e. The molecule has 1 unspecified atom stereocenters. The van der Waals surface area contributed by atoms with Crippen molar-refractivity contribution in [2.45, 2.75) is 19.5 Å². The first-order valence-electron chi connectivity index (χ1n) is 6.04. The number of nitrogens with two attached hydrogens (primary N) is 1. The molecule has 18 heavy (non-hydrogen) atoms. The molecular formula is C13H20N4O. The second kappa shape index (κ2) is 5.37. The Morgan fingerprint density at radius 3 is 2.83 bits per heavy atom. The lowest BCUT2D eigenvalue weighted by Crippen LogP contribution is -2.30. The summed E-state index contributed by atoms with van der Waals surface area (Å²) in [5, 5.41) is 4.28. The van der Waals surface area contributed by atoms with E-state index >= 15 is 0 Å². The summed E-state index contributed by atoms with van der Waals surface area (Å²) in [6, 6.07) is 4.03. The van der Waals surface area contributed by atoms with Crippen LogP contribution in [0.5, 0.6) is 0 Å². The summed E-state index contributed by atoms with van der Waals surface area (Å²) in [6.07, 6.45) is 3.58. The first-order valence-corrected chi connectivity index (χ1v) is 6.04. The van der Waals surface area contributed by atoms with Crippen LogP contribution in [0.1, 0.15) is 23.1 Å². The Morgan fingerprint density at radius 2 is 2.33 bits per heavy atom. The van der Waals surface area contributed by atoms with Gasteiger partial charge in [-0.05, 0) is 26.1 Å². The minimum atomic E-state index is 0.156. The summed E-state index contributed by atoms with van der Waals surface area (Å²) >= 11 is 0. The molecule has 0 fully saturated rings. The van der Waals surface area contributed by atoms with Crippen molar-refractivity contribution in [1.29, 1.82) is 0 Å². The van der Waals surface area contributed by atoms with E-state index in [0.717, 1.165) is 18.0 Å². The van der Waals surface area contributed by atoms with Gasteiger partial charge in [0.15, 0.2) is 0 Å². The zero-order valence-electron chi connectivity index (χ0n) is 11.1. The number of aryl methyl sites for hydroxylation is 1. The van der Waals surface area contributed by atoms with Crippen LogP contribution in [0.2, 0.25) is 0 Å². The maximum Gasteiger partial charge on any atom is 0.117 e. The Kier molecular flexibility index (Phi) is 3.84. The van der Waals surface area contributed by atoms with E-state index in [4.69, 9.17) is 10.2 Å². The number of aromatic nitrogens is 2. The van der Waals surface area contributed by atoms with Crippen LogP contribution >= 0.6 is 0 Å². The minimum Gasteiger partial charge on any atom is -0.468 e. The summed E-state index contributed by atoms with van der Waals surface area (Å²) < 4.78 is 7.24. The fourth-order valence-corrected chi connectivity index (χ4v) is 2.15. The fraction of sp³-hybridized carbons (Fsp3) is 0.462. The molecule has 5 heteroatoms. The van der Waals surface area contributed by atoms with Gasteiger partial charge in [-0.1, -0.05) is 0 Å². The van der Waals surface area contributed by atoms with Crippen LogP contribution in [0.4, 0.5) is 0 Å². The van der Waals surface area contributed by atoms with Crippen LogP contribution in [-0.4, -0.2) is 28.3 Å². The predicted molar refractivity (Wildman–Crippen MR) is 69.9 cm³/mol. The van der Waals surface area contributed by atoms with E-state index in [2.05, 4.69) is 16.9 Å². The third kappa shape index (κ3) is 2.47. The number of hydrogen-bond donors (Lipinski definition) is 1. The molecule has 0 saturated carbocycles. The summed E-state index contributed by atoms with van der Waals surface area (Å²) in [7, 11) is 3.99. The predicted octanol–water partition coefficient (Wildman–Crippen LogP) is 1.45. The third-order valence-electron chi connectivity index (χ3n) is 3.37. The maximum atomic E-state index is 5.90. The molecule has 2 N–H and O–H groups in total. The smallest absolute Gasteiger partial charge is 0.117 e. The molecule has 5 nitrogen and oxygen atoms in total. The highest BCUT2D eigenvalue weighted by Crippen LogP contribution is 2.22. The van der Waals surface area contributed by atoms with Crippen LogP contribution in [0, 0.1) is 6.92 Å². The van der Waals surface area contributed by atoms with Gasteiger partial charge in [0.2, 0.25) is 0 Å². The molecule has 0 aromatic carbocycles. The van der Waals surface area contributed by atoms with Crippen LogP contribution in [0.3, 0.4) is 0 Å². The van der Waals surface area contributed by atoms with Gasteiger partial charge in [-0.15, -0.1) is 0 Å². The number of furan rings is 1. The van der Waals surface area contributed by atoms with E-state index in [1.165, 1.54) is 5.56 Å². The normalized spacial score (nSPS) is 13.2. The summed E-state index contributed by atoms with van der Waals surface area (Å²) in [4.78, 5) is 2.18. The highest BCUT2D eigenvalue weighted by Gasteiger charge is 2.20. The molecule has 2 aromatic heterocycles. The highest BCUT2D eigenvalue weighted by molar-refractivity contribution is 5.21. The first-order chi connectivity index (χ1) is 8.63. The van der Waals surface area contributed by atoms with Gasteiger partial charge in [0.25, 0.3) is 0 Å². The van der Waals surface area contributed by atoms with Crippen molar-refractivity contribution in [1.82, 2.24) is 14.7 Å². The van der Waals surface area contributed by atoms with Crippen LogP contribution in [0.15, 0.2) is 29.0 Å². The topological polar surface area (TPSA) is 60.2 Å². The molecule has 2 heterocycles. The molecule has 0 aliphatic rings. The number of likely N-dealkylation sites (N-methyl/N-ethyl adjacent to an activating group) is 1. The molecule has 98 valence electrons. The lowest BCUT2D eigenvalue weighted by Gasteiger charge is -2.26. The Bertz CT molecular complexity index is 489. The Morgan fingerprint density at radius 1 is 1.56 bits per heavy atom. The quantitative estimate of drug-likeness (QED) is 0.870. The minimum absolute atomic E-state index is 0.156. The second-order valence-electron chi connectivity index (χ2n) is 4.55. The average Bonchev–Trinajstić information content (AvgIpc) is 2.95. The number of hydrogen-bond acceptors (Lipinski definition) is 4. The zero-order chi connectivity index (χ0) is 13.1. The molecule has 0 bridgehead atoms. The van der Waals surface area contributed by atoms with E-state index in [-0.39, 0.29) is 6.04 Å². The van der Waals surface area contributed by atoms with E-state index in [1.54, 1.807) is 6.26 Å². The van der Waals surface area contributed by atoms with E-state index < -0.39 is 0 Å². The lowest BCUT2D eigenvalue weighted by atomic mass is 10.1. The fourth-order valence-electron chi connectivity index (χ4n) is 2.15. The zero-order valence-corrected chi connectivity index (χ0v) is 11.1. The standard InChI is InChI=1S/C13H20N4O/c1-10-12(8-15-17(10)3)13(7-14)16(2)9-11-5-4-6-18-11/h4-6,8,13H,7,9,14H2,1-3H3. The SMILES string of the molecule is Cc1c(C(CN)N(C)Cc2ccco2)cnn1C. The molecule has 0 radical (unpaired) electrons. The molecule has 1 atom stereocenters. The molecule has 0 aliphatic carbocycles. The highest BCUT2D eigenvalue weighted by atomic mass is 16.3. The van der Waals surface area contributed by atoms with Crippen molar-refractivity contribution >= 4 is 0 Å². The molecule has 2 aromatic rings. The van der Waals surface area contributed by atoms with E-state index in [0.29, 0.717) is 6.54 Å². The van der Waals surface area contributed by atoms with Gasteiger partial charge >= 0.3 is 0 Å². The van der Waals surface area contributed by atoms with Gasteiger partial charge < -0.3 is 10.2 Å². The van der Waals surface area contributed by atoms with Crippen molar-refractivity contribution < 1.29 is 4.42 Å². The van der Waals surface area contributed by atoms with Crippen molar-refractivity contribution in [3.8, 4) is 0 Å². The second-order valence-corrected chi connectivity index (χ2v) is 4.55. The van der Waals surface area contributed by atoms with Gasteiger partial charge in [0, 0.05) is 24.8 Å². The van der Waals surface area contributed by atoms with Crippen molar-refractivity contribution in [3.05, 3.63) is 41.6 Å². The van der Waals surface area contributed by atoms with Crippen LogP contribution in [-0.2, 0) is 13.6 Å². The molecule has 2 rings (SSSR count). The summed E-state index contributed by atoms with van der Waals surface area (Å²) in [6.45, 7) is 3.36. The monoisotopic (exact) mass is 248 g/mol. The Hall–Kier alpha value is -1.59. The van der Waals surface area contributed by atoms with Crippen molar-refractivity contribution in [2.75, 3.05) is 13.6 Å². The molecule has 0 amide bonds. The summed E-state index contributed by atoms with van der Waals surface area (Å²) in [5.74, 6) is 0.942. The first kappa shape index (κ1) is 12.9. The average molecular weight is 248 g/mol. The Balaban J connectivity index is 2.15. The molecule has 0 spiro atoms. The number of nitrogens with zero attached hydrogens (tertiary/aromatic N) is 3. The molecular weight excluding hydrogens is 228 g/mol. The maximum absolute atomic E-state index is 5.90. The summed E-state index contributed by atoms with van der Waals surface area (Å²) in [5.41, 5.74) is 8.23. The van der Waals surface area contributed by atoms with Crippen molar-refractivity contribution in [2.24, 2.45) is 12.8 Å². The van der Waals surface area contributed by atoms with Gasteiger partial charge in [0.05, 0.1) is 25.0 Å². The number of rotatable bonds is 5.